The second-order valence-corrected chi connectivity index (χ2v) is 5.49. The SMILES string of the molecule is CC1CN(C2CCCCCC2=O)CC1C. The standard InChI is InChI=1S/C13H23NO/c1-10-8-14(9-11(10)2)12-6-4-3-5-7-13(12)15/h10-12H,3-9H2,1-2H3. The second kappa shape index (κ2) is 4.65. The molecule has 3 unspecified atom stereocenters. The predicted molar refractivity (Wildman–Crippen MR) is 61.8 cm³/mol. The van der Waals surface area contributed by atoms with Crippen LogP contribution < -0.4 is 0 Å². The monoisotopic (exact) mass is 209 g/mol. The van der Waals surface area contributed by atoms with Gasteiger partial charge in [0, 0.05) is 19.5 Å². The summed E-state index contributed by atoms with van der Waals surface area (Å²) < 4.78 is 0. The molecule has 2 rings (SSSR count). The molecular weight excluding hydrogens is 186 g/mol. The van der Waals surface area contributed by atoms with Crippen molar-refractivity contribution in [2.24, 2.45) is 11.8 Å². The second-order valence-electron chi connectivity index (χ2n) is 5.49. The van der Waals surface area contributed by atoms with Gasteiger partial charge >= 0.3 is 0 Å². The molecule has 2 aliphatic rings. The summed E-state index contributed by atoms with van der Waals surface area (Å²) in [6.07, 6.45) is 5.55. The molecule has 1 heterocycles. The van der Waals surface area contributed by atoms with Gasteiger partial charge in [0.25, 0.3) is 0 Å². The number of rotatable bonds is 1. The van der Waals surface area contributed by atoms with Crippen LogP contribution in [0.15, 0.2) is 0 Å². The minimum absolute atomic E-state index is 0.264. The van der Waals surface area contributed by atoms with Crippen LogP contribution in [0.25, 0.3) is 0 Å². The number of likely N-dealkylation sites (tertiary alicyclic amines) is 1. The Labute approximate surface area is 93.0 Å². The van der Waals surface area contributed by atoms with E-state index in [9.17, 15) is 4.79 Å². The number of Topliss-reactive ketones (excluding diaryl/α,β-unsaturated/α-hetero) is 1. The van der Waals surface area contributed by atoms with E-state index in [4.69, 9.17) is 0 Å². The largest absolute Gasteiger partial charge is 0.298 e. The lowest BCUT2D eigenvalue weighted by molar-refractivity contribution is -0.123. The fourth-order valence-corrected chi connectivity index (χ4v) is 2.96. The summed E-state index contributed by atoms with van der Waals surface area (Å²) in [4.78, 5) is 14.4. The third kappa shape index (κ3) is 2.41. The highest BCUT2D eigenvalue weighted by molar-refractivity contribution is 5.84. The van der Waals surface area contributed by atoms with E-state index in [1.165, 1.54) is 12.8 Å². The minimum atomic E-state index is 0.264. The molecule has 2 heteroatoms. The van der Waals surface area contributed by atoms with E-state index >= 15 is 0 Å². The zero-order valence-corrected chi connectivity index (χ0v) is 10.0. The van der Waals surface area contributed by atoms with Gasteiger partial charge in [-0.15, -0.1) is 0 Å². The van der Waals surface area contributed by atoms with E-state index in [-0.39, 0.29) is 6.04 Å². The van der Waals surface area contributed by atoms with Crippen LogP contribution in [0.2, 0.25) is 0 Å². The van der Waals surface area contributed by atoms with E-state index in [0.29, 0.717) is 5.78 Å². The molecule has 1 aliphatic carbocycles. The number of hydrogen-bond donors (Lipinski definition) is 0. The molecule has 2 fully saturated rings. The third-order valence-corrected chi connectivity index (χ3v) is 4.23. The summed E-state index contributed by atoms with van der Waals surface area (Å²) in [6, 6.07) is 0.264. The maximum absolute atomic E-state index is 12.0. The molecule has 1 aliphatic heterocycles. The highest BCUT2D eigenvalue weighted by Crippen LogP contribution is 2.28. The first-order chi connectivity index (χ1) is 7.18. The summed E-state index contributed by atoms with van der Waals surface area (Å²) >= 11 is 0. The zero-order chi connectivity index (χ0) is 10.8. The van der Waals surface area contributed by atoms with Gasteiger partial charge in [0.2, 0.25) is 0 Å². The summed E-state index contributed by atoms with van der Waals surface area (Å²) in [7, 11) is 0. The molecule has 0 aromatic rings. The lowest BCUT2D eigenvalue weighted by atomic mass is 10.0. The van der Waals surface area contributed by atoms with Crippen molar-refractivity contribution in [1.82, 2.24) is 4.90 Å². The molecule has 2 nitrogen and oxygen atoms in total. The van der Waals surface area contributed by atoms with Gasteiger partial charge in [-0.2, -0.15) is 0 Å². The molecule has 0 spiro atoms. The maximum atomic E-state index is 12.0. The summed E-state index contributed by atoms with van der Waals surface area (Å²) in [5.41, 5.74) is 0. The molecule has 3 atom stereocenters. The van der Waals surface area contributed by atoms with Crippen molar-refractivity contribution in [3.63, 3.8) is 0 Å². The van der Waals surface area contributed by atoms with Gasteiger partial charge in [-0.05, 0) is 24.7 Å². The van der Waals surface area contributed by atoms with Gasteiger partial charge in [0.05, 0.1) is 6.04 Å². The Kier molecular flexibility index (Phi) is 3.45. The van der Waals surface area contributed by atoms with Crippen LogP contribution >= 0.6 is 0 Å². The van der Waals surface area contributed by atoms with Crippen molar-refractivity contribution in [3.05, 3.63) is 0 Å². The smallest absolute Gasteiger partial charge is 0.149 e. The summed E-state index contributed by atoms with van der Waals surface area (Å²) in [5, 5.41) is 0. The van der Waals surface area contributed by atoms with Crippen molar-refractivity contribution >= 4 is 5.78 Å². The highest BCUT2D eigenvalue weighted by atomic mass is 16.1. The first-order valence-electron chi connectivity index (χ1n) is 6.45. The number of nitrogens with zero attached hydrogens (tertiary/aromatic N) is 1. The van der Waals surface area contributed by atoms with Crippen LogP contribution in [-0.2, 0) is 4.79 Å². The molecular formula is C13H23NO. The first kappa shape index (κ1) is 11.1. The van der Waals surface area contributed by atoms with Gasteiger partial charge in [0.1, 0.15) is 5.78 Å². The Morgan fingerprint density at radius 3 is 2.40 bits per heavy atom. The molecule has 0 bridgehead atoms. The van der Waals surface area contributed by atoms with Gasteiger partial charge in [-0.1, -0.05) is 26.7 Å². The fraction of sp³-hybridized carbons (Fsp3) is 0.923. The van der Waals surface area contributed by atoms with E-state index in [0.717, 1.165) is 44.2 Å². The summed E-state index contributed by atoms with van der Waals surface area (Å²) in [5.74, 6) is 2.04. The van der Waals surface area contributed by atoms with E-state index in [2.05, 4.69) is 18.7 Å². The molecule has 0 N–H and O–H groups in total. The van der Waals surface area contributed by atoms with Crippen molar-refractivity contribution in [2.45, 2.75) is 52.0 Å². The summed E-state index contributed by atoms with van der Waals surface area (Å²) in [6.45, 7) is 6.90. The first-order valence-corrected chi connectivity index (χ1v) is 6.45. The van der Waals surface area contributed by atoms with Gasteiger partial charge in [-0.25, -0.2) is 0 Å². The molecule has 0 aromatic heterocycles. The molecule has 1 saturated heterocycles. The normalized spacial score (nSPS) is 39.3. The van der Waals surface area contributed by atoms with Crippen LogP contribution in [-0.4, -0.2) is 29.8 Å². The molecule has 0 amide bonds. The quantitative estimate of drug-likeness (QED) is 0.618. The van der Waals surface area contributed by atoms with Gasteiger partial charge in [-0.3, -0.25) is 9.69 Å². The maximum Gasteiger partial charge on any atom is 0.149 e. The van der Waals surface area contributed by atoms with Crippen LogP contribution in [0, 0.1) is 11.8 Å². The zero-order valence-electron chi connectivity index (χ0n) is 10.0. The lowest BCUT2D eigenvalue weighted by Crippen LogP contribution is -2.39. The van der Waals surface area contributed by atoms with Crippen molar-refractivity contribution < 1.29 is 4.79 Å². The van der Waals surface area contributed by atoms with Crippen molar-refractivity contribution in [2.75, 3.05) is 13.1 Å². The average molecular weight is 209 g/mol. The minimum Gasteiger partial charge on any atom is -0.298 e. The van der Waals surface area contributed by atoms with Gasteiger partial charge < -0.3 is 0 Å². The van der Waals surface area contributed by atoms with Crippen LogP contribution in [0.1, 0.15) is 46.0 Å². The topological polar surface area (TPSA) is 20.3 Å². The van der Waals surface area contributed by atoms with Crippen LogP contribution in [0.5, 0.6) is 0 Å². The van der Waals surface area contributed by atoms with Crippen molar-refractivity contribution in [1.29, 1.82) is 0 Å². The Bertz CT molecular complexity index is 229. The van der Waals surface area contributed by atoms with Crippen molar-refractivity contribution in [3.8, 4) is 0 Å². The van der Waals surface area contributed by atoms with Crippen LogP contribution in [0.4, 0.5) is 0 Å². The highest BCUT2D eigenvalue weighted by Gasteiger charge is 2.34. The molecule has 0 radical (unpaired) electrons. The number of carbonyl (C=O) groups is 1. The third-order valence-electron chi connectivity index (χ3n) is 4.23. The Morgan fingerprint density at radius 2 is 1.73 bits per heavy atom. The Balaban J connectivity index is 1.99. The van der Waals surface area contributed by atoms with E-state index in [1.54, 1.807) is 0 Å². The number of ketones is 1. The average Bonchev–Trinajstić information content (AvgIpc) is 2.41. The van der Waals surface area contributed by atoms with E-state index < -0.39 is 0 Å². The van der Waals surface area contributed by atoms with Gasteiger partial charge in [0.15, 0.2) is 0 Å². The number of hydrogen-bond acceptors (Lipinski definition) is 2. The fourth-order valence-electron chi connectivity index (χ4n) is 2.96. The Morgan fingerprint density at radius 1 is 1.07 bits per heavy atom. The predicted octanol–water partition coefficient (Wildman–Crippen LogP) is 2.48. The molecule has 86 valence electrons. The lowest BCUT2D eigenvalue weighted by Gasteiger charge is -2.25. The number of carbonyl (C=O) groups excluding carboxylic acids is 1. The Hall–Kier alpha value is -0.370. The van der Waals surface area contributed by atoms with Crippen LogP contribution in [0.3, 0.4) is 0 Å². The van der Waals surface area contributed by atoms with E-state index in [1.807, 2.05) is 0 Å². The molecule has 1 saturated carbocycles. The molecule has 15 heavy (non-hydrogen) atoms. The molecule has 0 aromatic carbocycles.